The standard InChI is InChI=1S/C25H32N4O4S/c1-25(2,3)33-24(31)27-12-11-20-21(15-27)34-22(26-20)29-18-9-10-19(29)14-28(13-18)23(30)32-16-17-7-5-4-6-8-17/h4-8,18-19H,9-16H2,1-3H3. The molecule has 2 amide bonds. The van der Waals surface area contributed by atoms with Gasteiger partial charge in [0.2, 0.25) is 0 Å². The van der Waals surface area contributed by atoms with Gasteiger partial charge in [0.25, 0.3) is 0 Å². The van der Waals surface area contributed by atoms with Crippen molar-refractivity contribution < 1.29 is 19.1 Å². The number of nitrogens with zero attached hydrogens (tertiary/aromatic N) is 4. The van der Waals surface area contributed by atoms with E-state index < -0.39 is 5.60 Å². The number of hydrogen-bond acceptors (Lipinski definition) is 7. The lowest BCUT2D eigenvalue weighted by Gasteiger charge is -2.40. The highest BCUT2D eigenvalue weighted by atomic mass is 32.1. The molecule has 2 atom stereocenters. The molecular weight excluding hydrogens is 452 g/mol. The number of anilines is 1. The lowest BCUT2D eigenvalue weighted by Crippen LogP contribution is -2.55. The molecule has 2 aromatic rings. The summed E-state index contributed by atoms with van der Waals surface area (Å²) in [4.78, 5) is 37.3. The molecule has 0 aliphatic carbocycles. The number of piperazine rings is 1. The van der Waals surface area contributed by atoms with Crippen LogP contribution in [0.25, 0.3) is 0 Å². The third kappa shape index (κ3) is 4.85. The zero-order valence-corrected chi connectivity index (χ0v) is 20.8. The first-order chi connectivity index (χ1) is 16.3. The van der Waals surface area contributed by atoms with Gasteiger partial charge >= 0.3 is 12.2 Å². The molecule has 34 heavy (non-hydrogen) atoms. The van der Waals surface area contributed by atoms with Gasteiger partial charge in [-0.2, -0.15) is 0 Å². The Morgan fingerprint density at radius 2 is 1.76 bits per heavy atom. The van der Waals surface area contributed by atoms with Gasteiger partial charge in [0.1, 0.15) is 12.2 Å². The van der Waals surface area contributed by atoms with E-state index in [0.717, 1.165) is 40.5 Å². The molecule has 5 rings (SSSR count). The molecule has 8 nitrogen and oxygen atoms in total. The van der Waals surface area contributed by atoms with E-state index in [9.17, 15) is 9.59 Å². The molecule has 0 saturated carbocycles. The summed E-state index contributed by atoms with van der Waals surface area (Å²) in [5.41, 5.74) is 1.58. The van der Waals surface area contributed by atoms with Crippen LogP contribution < -0.4 is 4.90 Å². The normalized spacial score (nSPS) is 21.9. The summed E-state index contributed by atoms with van der Waals surface area (Å²) in [6.45, 7) is 8.43. The number of carbonyl (C=O) groups excluding carboxylic acids is 2. The Bertz CT molecular complexity index is 1040. The number of benzene rings is 1. The van der Waals surface area contributed by atoms with Gasteiger partial charge in [-0.15, -0.1) is 0 Å². The van der Waals surface area contributed by atoms with Crippen LogP contribution in [0.15, 0.2) is 30.3 Å². The molecule has 1 aromatic carbocycles. The molecule has 3 aliphatic heterocycles. The van der Waals surface area contributed by atoms with Crippen molar-refractivity contribution >= 4 is 28.7 Å². The van der Waals surface area contributed by atoms with Crippen molar-refractivity contribution in [3.63, 3.8) is 0 Å². The summed E-state index contributed by atoms with van der Waals surface area (Å²) < 4.78 is 11.1. The number of ether oxygens (including phenoxy) is 2. The highest BCUT2D eigenvalue weighted by Crippen LogP contribution is 2.39. The summed E-state index contributed by atoms with van der Waals surface area (Å²) in [7, 11) is 0. The van der Waals surface area contributed by atoms with E-state index in [1.807, 2.05) is 56.0 Å². The molecule has 1 aromatic heterocycles. The third-order valence-corrected chi connectivity index (χ3v) is 7.63. The largest absolute Gasteiger partial charge is 0.445 e. The topological polar surface area (TPSA) is 75.2 Å². The summed E-state index contributed by atoms with van der Waals surface area (Å²) >= 11 is 1.68. The zero-order chi connectivity index (χ0) is 23.9. The fraction of sp³-hybridized carbons (Fsp3) is 0.560. The van der Waals surface area contributed by atoms with Gasteiger partial charge in [-0.3, -0.25) is 0 Å². The van der Waals surface area contributed by atoms with Gasteiger partial charge in [-0.25, -0.2) is 14.6 Å². The molecule has 9 heteroatoms. The van der Waals surface area contributed by atoms with Crippen LogP contribution in [-0.2, 0) is 29.0 Å². The Labute approximate surface area is 204 Å². The number of amides is 2. The van der Waals surface area contributed by atoms with E-state index in [1.54, 1.807) is 16.2 Å². The average molecular weight is 485 g/mol. The molecule has 3 aliphatic rings. The second kappa shape index (κ2) is 9.09. The molecule has 0 N–H and O–H groups in total. The highest BCUT2D eigenvalue weighted by molar-refractivity contribution is 7.15. The molecule has 2 unspecified atom stereocenters. The fourth-order valence-corrected chi connectivity index (χ4v) is 6.22. The van der Waals surface area contributed by atoms with Crippen LogP contribution in [0.5, 0.6) is 0 Å². The van der Waals surface area contributed by atoms with E-state index in [2.05, 4.69) is 4.90 Å². The van der Waals surface area contributed by atoms with Crippen molar-refractivity contribution in [3.05, 3.63) is 46.5 Å². The van der Waals surface area contributed by atoms with Crippen LogP contribution >= 0.6 is 11.3 Å². The Morgan fingerprint density at radius 1 is 1.06 bits per heavy atom. The second-order valence-electron chi connectivity index (χ2n) is 10.3. The summed E-state index contributed by atoms with van der Waals surface area (Å²) in [5, 5.41) is 1.01. The Hall–Kier alpha value is -2.81. The first-order valence-electron chi connectivity index (χ1n) is 12.0. The SMILES string of the molecule is CC(C)(C)OC(=O)N1CCc2nc(N3C4CCC3CN(C(=O)OCc3ccccc3)C4)sc2C1. The lowest BCUT2D eigenvalue weighted by atomic mass is 10.2. The maximum atomic E-state index is 12.7. The number of thiazole rings is 1. The van der Waals surface area contributed by atoms with Gasteiger partial charge in [-0.05, 0) is 39.2 Å². The van der Waals surface area contributed by atoms with Gasteiger partial charge in [-0.1, -0.05) is 41.7 Å². The van der Waals surface area contributed by atoms with Gasteiger partial charge < -0.3 is 24.2 Å². The van der Waals surface area contributed by atoms with Crippen molar-refractivity contribution in [2.45, 2.75) is 70.9 Å². The van der Waals surface area contributed by atoms with Crippen LogP contribution in [0.4, 0.5) is 14.7 Å². The minimum Gasteiger partial charge on any atom is -0.445 e. The summed E-state index contributed by atoms with van der Waals surface area (Å²) in [5.74, 6) is 0. The number of rotatable bonds is 3. The molecule has 2 fully saturated rings. The molecule has 2 saturated heterocycles. The molecule has 4 heterocycles. The number of aromatic nitrogens is 1. The van der Waals surface area contributed by atoms with Crippen LogP contribution in [0, 0.1) is 0 Å². The number of carbonyl (C=O) groups is 2. The van der Waals surface area contributed by atoms with Crippen LogP contribution in [-0.4, -0.2) is 64.3 Å². The van der Waals surface area contributed by atoms with Gasteiger partial charge in [0, 0.05) is 43.0 Å². The molecule has 0 spiro atoms. The Kier molecular flexibility index (Phi) is 6.14. The minimum atomic E-state index is -0.503. The third-order valence-electron chi connectivity index (χ3n) is 6.54. The molecule has 0 radical (unpaired) electrons. The molecular formula is C25H32N4O4S. The van der Waals surface area contributed by atoms with Gasteiger partial charge in [0.05, 0.1) is 12.2 Å². The highest BCUT2D eigenvalue weighted by Gasteiger charge is 2.43. The smallest absolute Gasteiger partial charge is 0.410 e. The molecule has 182 valence electrons. The Morgan fingerprint density at radius 3 is 2.44 bits per heavy atom. The number of fused-ring (bicyclic) bond motifs is 3. The van der Waals surface area contributed by atoms with E-state index >= 15 is 0 Å². The van der Waals surface area contributed by atoms with E-state index in [1.165, 1.54) is 0 Å². The Balaban J connectivity index is 1.21. The van der Waals surface area contributed by atoms with Crippen molar-refractivity contribution in [1.29, 1.82) is 0 Å². The maximum Gasteiger partial charge on any atom is 0.410 e. The lowest BCUT2D eigenvalue weighted by molar-refractivity contribution is 0.0225. The number of likely N-dealkylation sites (tertiary alicyclic amines) is 1. The predicted octanol–water partition coefficient (Wildman–Crippen LogP) is 4.43. The fourth-order valence-electron chi connectivity index (χ4n) is 4.95. The summed E-state index contributed by atoms with van der Waals surface area (Å²) in [6, 6.07) is 10.3. The van der Waals surface area contributed by atoms with Crippen molar-refractivity contribution in [3.8, 4) is 0 Å². The first kappa shape index (κ1) is 23.0. The van der Waals surface area contributed by atoms with Crippen molar-refractivity contribution in [2.24, 2.45) is 0 Å². The second-order valence-corrected chi connectivity index (χ2v) is 11.3. The quantitative estimate of drug-likeness (QED) is 0.642. The van der Waals surface area contributed by atoms with Crippen LogP contribution in [0.3, 0.4) is 0 Å². The maximum absolute atomic E-state index is 12.7. The van der Waals surface area contributed by atoms with E-state index in [0.29, 0.717) is 32.8 Å². The van der Waals surface area contributed by atoms with E-state index in [4.69, 9.17) is 14.5 Å². The minimum absolute atomic E-state index is 0.244. The zero-order valence-electron chi connectivity index (χ0n) is 20.0. The van der Waals surface area contributed by atoms with Crippen molar-refractivity contribution in [2.75, 3.05) is 24.5 Å². The van der Waals surface area contributed by atoms with Gasteiger partial charge in [0.15, 0.2) is 5.13 Å². The molecule has 2 bridgehead atoms. The average Bonchev–Trinajstić information content (AvgIpc) is 3.33. The number of hydrogen-bond donors (Lipinski definition) is 0. The first-order valence-corrected chi connectivity index (χ1v) is 12.8. The van der Waals surface area contributed by atoms with Crippen LogP contribution in [0.1, 0.15) is 49.7 Å². The predicted molar refractivity (Wildman–Crippen MR) is 130 cm³/mol. The summed E-state index contributed by atoms with van der Waals surface area (Å²) in [6.07, 6.45) is 2.32. The monoisotopic (exact) mass is 484 g/mol. The van der Waals surface area contributed by atoms with Crippen molar-refractivity contribution in [1.82, 2.24) is 14.8 Å². The van der Waals surface area contributed by atoms with Crippen LogP contribution in [0.2, 0.25) is 0 Å². The van der Waals surface area contributed by atoms with E-state index in [-0.39, 0.29) is 24.3 Å².